The van der Waals surface area contributed by atoms with Crippen LogP contribution < -0.4 is 16.4 Å². The average Bonchev–Trinajstić information content (AvgIpc) is 3.62. The summed E-state index contributed by atoms with van der Waals surface area (Å²) in [7, 11) is 0. The predicted octanol–water partition coefficient (Wildman–Crippen LogP) is 2.75. The molecule has 10 nitrogen and oxygen atoms in total. The fourth-order valence-electron chi connectivity index (χ4n) is 4.41. The number of aromatic nitrogens is 2. The van der Waals surface area contributed by atoms with Crippen molar-refractivity contribution in [2.75, 3.05) is 25.0 Å². The Hall–Kier alpha value is -4.16. The van der Waals surface area contributed by atoms with Gasteiger partial charge in [0.1, 0.15) is 23.7 Å². The summed E-state index contributed by atoms with van der Waals surface area (Å²) in [5.74, 6) is -3.13. The molecule has 12 heteroatoms. The smallest absolute Gasteiger partial charge is 0.250 e. The number of ether oxygens (including phenoxy) is 1. The zero-order valence-corrected chi connectivity index (χ0v) is 23.0. The van der Waals surface area contributed by atoms with Crippen molar-refractivity contribution in [1.29, 1.82) is 0 Å². The van der Waals surface area contributed by atoms with Gasteiger partial charge in [-0.3, -0.25) is 14.4 Å². The summed E-state index contributed by atoms with van der Waals surface area (Å²) in [4.78, 5) is 45.0. The van der Waals surface area contributed by atoms with E-state index in [-0.39, 0.29) is 30.5 Å². The summed E-state index contributed by atoms with van der Waals surface area (Å²) in [6, 6.07) is 10.1. The highest BCUT2D eigenvalue weighted by Gasteiger charge is 2.32. The minimum Gasteiger partial charge on any atom is -0.374 e. The van der Waals surface area contributed by atoms with Crippen molar-refractivity contribution < 1.29 is 27.9 Å². The summed E-state index contributed by atoms with van der Waals surface area (Å²) >= 11 is 0. The molecule has 0 saturated carbocycles. The Morgan fingerprint density at radius 2 is 1.80 bits per heavy atom. The van der Waals surface area contributed by atoms with Gasteiger partial charge in [0.2, 0.25) is 11.8 Å². The Morgan fingerprint density at radius 1 is 1.10 bits per heavy atom. The third kappa shape index (κ3) is 7.74. The SMILES string of the molecule is CC(C)(N)C(=O)N[C@H](COCc1ccccc1)C(=O)Nc1cn(C(C(=O)N2CCCC2)c2ccc(F)cc2F)cn1. The van der Waals surface area contributed by atoms with E-state index in [9.17, 15) is 23.2 Å². The molecule has 1 aromatic heterocycles. The van der Waals surface area contributed by atoms with Gasteiger partial charge in [0.05, 0.1) is 25.1 Å². The van der Waals surface area contributed by atoms with Crippen LogP contribution in [0.15, 0.2) is 61.1 Å². The van der Waals surface area contributed by atoms with Crippen LogP contribution in [0, 0.1) is 11.6 Å². The number of carbonyl (C=O) groups is 3. The van der Waals surface area contributed by atoms with E-state index >= 15 is 0 Å². The van der Waals surface area contributed by atoms with Gasteiger partial charge in [-0.1, -0.05) is 36.4 Å². The molecule has 0 bridgehead atoms. The first-order valence-electron chi connectivity index (χ1n) is 13.3. The maximum absolute atomic E-state index is 14.8. The maximum atomic E-state index is 14.8. The lowest BCUT2D eigenvalue weighted by molar-refractivity contribution is -0.132. The number of nitrogens with two attached hydrogens (primary N) is 1. The molecular formula is C29H34F2N6O4. The largest absolute Gasteiger partial charge is 0.374 e. The molecule has 0 radical (unpaired) electrons. The number of anilines is 1. The number of carbonyl (C=O) groups excluding carboxylic acids is 3. The van der Waals surface area contributed by atoms with Gasteiger partial charge >= 0.3 is 0 Å². The highest BCUT2D eigenvalue weighted by atomic mass is 19.1. The molecule has 4 rings (SSSR count). The molecule has 1 aliphatic heterocycles. The molecule has 2 atom stereocenters. The predicted molar refractivity (Wildman–Crippen MR) is 147 cm³/mol. The molecule has 2 heterocycles. The first kappa shape index (κ1) is 29.8. The minimum absolute atomic E-state index is 0.0248. The molecular weight excluding hydrogens is 534 g/mol. The van der Waals surface area contributed by atoms with Gasteiger partial charge in [0.15, 0.2) is 5.82 Å². The van der Waals surface area contributed by atoms with E-state index in [0.717, 1.165) is 30.5 Å². The number of hydrogen-bond acceptors (Lipinski definition) is 6. The van der Waals surface area contributed by atoms with Gasteiger partial charge < -0.3 is 30.6 Å². The maximum Gasteiger partial charge on any atom is 0.250 e. The summed E-state index contributed by atoms with van der Waals surface area (Å²) in [6.45, 7) is 4.13. The fourth-order valence-corrected chi connectivity index (χ4v) is 4.41. The van der Waals surface area contributed by atoms with Crippen molar-refractivity contribution in [3.8, 4) is 0 Å². The number of nitrogens with zero attached hydrogens (tertiary/aromatic N) is 3. The van der Waals surface area contributed by atoms with Gasteiger partial charge in [-0.15, -0.1) is 0 Å². The highest BCUT2D eigenvalue weighted by molar-refractivity contribution is 5.98. The van der Waals surface area contributed by atoms with Gasteiger partial charge in [0.25, 0.3) is 5.91 Å². The van der Waals surface area contributed by atoms with E-state index in [1.165, 1.54) is 37.0 Å². The second kappa shape index (κ2) is 13.0. The van der Waals surface area contributed by atoms with Crippen LogP contribution in [0.1, 0.15) is 43.9 Å². The Balaban J connectivity index is 1.53. The molecule has 3 aromatic rings. The number of rotatable bonds is 11. The van der Waals surface area contributed by atoms with Crippen molar-refractivity contribution in [1.82, 2.24) is 19.8 Å². The Bertz CT molecular complexity index is 1370. The van der Waals surface area contributed by atoms with Crippen LogP contribution in [0.25, 0.3) is 0 Å². The van der Waals surface area contributed by atoms with E-state index < -0.39 is 41.1 Å². The van der Waals surface area contributed by atoms with Crippen molar-refractivity contribution >= 4 is 23.5 Å². The number of amides is 3. The van der Waals surface area contributed by atoms with E-state index in [0.29, 0.717) is 13.1 Å². The quantitative estimate of drug-likeness (QED) is 0.326. The number of halogens is 2. The van der Waals surface area contributed by atoms with Gasteiger partial charge in [-0.2, -0.15) is 0 Å². The normalized spacial score (nSPS) is 14.9. The Labute approximate surface area is 236 Å². The molecule has 218 valence electrons. The van der Waals surface area contributed by atoms with Crippen LogP contribution in [0.4, 0.5) is 14.6 Å². The lowest BCUT2D eigenvalue weighted by Crippen LogP contribution is -2.56. The lowest BCUT2D eigenvalue weighted by atomic mass is 10.0. The summed E-state index contributed by atoms with van der Waals surface area (Å²) < 4.78 is 35.5. The van der Waals surface area contributed by atoms with Crippen LogP contribution in [0.2, 0.25) is 0 Å². The molecule has 0 spiro atoms. The lowest BCUT2D eigenvalue weighted by Gasteiger charge is -2.25. The molecule has 1 fully saturated rings. The molecule has 41 heavy (non-hydrogen) atoms. The van der Waals surface area contributed by atoms with E-state index in [4.69, 9.17) is 10.5 Å². The van der Waals surface area contributed by atoms with Crippen LogP contribution in [-0.4, -0.2) is 63.4 Å². The number of hydrogen-bond donors (Lipinski definition) is 3. The van der Waals surface area contributed by atoms with Crippen molar-refractivity contribution in [2.24, 2.45) is 5.73 Å². The van der Waals surface area contributed by atoms with Crippen molar-refractivity contribution in [2.45, 2.75) is 50.9 Å². The molecule has 4 N–H and O–H groups in total. The minimum atomic E-state index is -1.25. The Morgan fingerprint density at radius 3 is 2.46 bits per heavy atom. The number of likely N-dealkylation sites (tertiary alicyclic amines) is 1. The average molecular weight is 569 g/mol. The Kier molecular flexibility index (Phi) is 9.46. The second-order valence-electron chi connectivity index (χ2n) is 10.5. The van der Waals surface area contributed by atoms with Crippen LogP contribution in [0.5, 0.6) is 0 Å². The van der Waals surface area contributed by atoms with Crippen molar-refractivity contribution in [3.05, 3.63) is 83.8 Å². The standard InChI is InChI=1S/C29H34F2N6O4/c1-29(2,32)28(40)34-23(17-41-16-19-8-4-3-5-9-19)26(38)35-24-15-37(18-33-24)25(27(39)36-12-6-7-13-36)21-11-10-20(30)14-22(21)31/h3-5,8-11,14-15,18,23,25H,6-7,12-13,16-17,32H2,1-2H3,(H,34,40)(H,35,38)/t23-,25?/m1/s1. The first-order valence-corrected chi connectivity index (χ1v) is 13.3. The second-order valence-corrected chi connectivity index (χ2v) is 10.5. The highest BCUT2D eigenvalue weighted by Crippen LogP contribution is 2.27. The number of nitrogens with one attached hydrogen (secondary N) is 2. The molecule has 1 saturated heterocycles. The van der Waals surface area contributed by atoms with Crippen molar-refractivity contribution in [3.63, 3.8) is 0 Å². The first-order chi connectivity index (χ1) is 19.5. The summed E-state index contributed by atoms with van der Waals surface area (Å²) in [5, 5.41) is 5.23. The zero-order chi connectivity index (χ0) is 29.6. The van der Waals surface area contributed by atoms with E-state index in [1.807, 2.05) is 30.3 Å². The number of imidazole rings is 1. The van der Waals surface area contributed by atoms with Gasteiger partial charge in [-0.25, -0.2) is 13.8 Å². The van der Waals surface area contributed by atoms with Crippen LogP contribution in [-0.2, 0) is 25.7 Å². The molecule has 1 unspecified atom stereocenters. The number of benzene rings is 2. The van der Waals surface area contributed by atoms with Crippen LogP contribution >= 0.6 is 0 Å². The zero-order valence-electron chi connectivity index (χ0n) is 23.0. The molecule has 0 aliphatic carbocycles. The summed E-state index contributed by atoms with van der Waals surface area (Å²) in [6.07, 6.45) is 4.33. The topological polar surface area (TPSA) is 132 Å². The van der Waals surface area contributed by atoms with Gasteiger partial charge in [-0.05, 0) is 38.3 Å². The van der Waals surface area contributed by atoms with E-state index in [2.05, 4.69) is 15.6 Å². The van der Waals surface area contributed by atoms with E-state index in [1.54, 1.807) is 4.90 Å². The molecule has 2 aromatic carbocycles. The summed E-state index contributed by atoms with van der Waals surface area (Å²) in [5.41, 5.74) is 5.52. The third-order valence-electron chi connectivity index (χ3n) is 6.66. The van der Waals surface area contributed by atoms with Crippen LogP contribution in [0.3, 0.4) is 0 Å². The molecule has 1 aliphatic rings. The third-order valence-corrected chi connectivity index (χ3v) is 6.66. The van der Waals surface area contributed by atoms with Gasteiger partial charge in [0, 0.05) is 30.9 Å². The fraction of sp³-hybridized carbons (Fsp3) is 0.379. The monoisotopic (exact) mass is 568 g/mol. The molecule has 3 amide bonds.